The number of nitrogens with one attached hydrogen (secondary N) is 1. The van der Waals surface area contributed by atoms with Gasteiger partial charge in [0.2, 0.25) is 0 Å². The van der Waals surface area contributed by atoms with Gasteiger partial charge in [0.1, 0.15) is 6.04 Å². The minimum atomic E-state index is -4.43. The number of ether oxygens (including phenoxy) is 1. The van der Waals surface area contributed by atoms with Crippen molar-refractivity contribution in [1.82, 2.24) is 5.32 Å². The fourth-order valence-corrected chi connectivity index (χ4v) is 1.80. The van der Waals surface area contributed by atoms with E-state index in [0.29, 0.717) is 15.1 Å². The molecular formula is C11H10BrClF3NO2. The Morgan fingerprint density at radius 3 is 2.63 bits per heavy atom. The summed E-state index contributed by atoms with van der Waals surface area (Å²) in [5.41, 5.74) is 0.296. The van der Waals surface area contributed by atoms with Gasteiger partial charge in [0.05, 0.1) is 18.7 Å². The van der Waals surface area contributed by atoms with Crippen molar-refractivity contribution in [2.75, 3.05) is 13.7 Å². The first kappa shape index (κ1) is 16.3. The molecule has 0 saturated carbocycles. The maximum atomic E-state index is 12.2. The number of halogens is 5. The summed E-state index contributed by atoms with van der Waals surface area (Å²) in [5, 5.41) is 2.39. The Hall–Kier alpha value is -0.790. The predicted octanol–water partition coefficient (Wildman–Crippen LogP) is 3.47. The first-order valence-corrected chi connectivity index (χ1v) is 6.24. The van der Waals surface area contributed by atoms with Gasteiger partial charge in [0.25, 0.3) is 0 Å². The van der Waals surface area contributed by atoms with Crippen molar-refractivity contribution in [2.24, 2.45) is 0 Å². The average Bonchev–Trinajstić information content (AvgIpc) is 2.32. The fraction of sp³-hybridized carbons (Fsp3) is 0.364. The van der Waals surface area contributed by atoms with Crippen LogP contribution in [-0.2, 0) is 9.53 Å². The van der Waals surface area contributed by atoms with Crippen LogP contribution >= 0.6 is 27.5 Å². The summed E-state index contributed by atoms with van der Waals surface area (Å²) in [7, 11) is 1.10. The Morgan fingerprint density at radius 1 is 1.53 bits per heavy atom. The van der Waals surface area contributed by atoms with Gasteiger partial charge in [0.15, 0.2) is 0 Å². The molecule has 0 fully saturated rings. The van der Waals surface area contributed by atoms with Crippen molar-refractivity contribution in [3.8, 4) is 0 Å². The Bertz CT molecular complexity index is 468. The van der Waals surface area contributed by atoms with Gasteiger partial charge in [-0.15, -0.1) is 0 Å². The Labute approximate surface area is 121 Å². The summed E-state index contributed by atoms with van der Waals surface area (Å²) in [6.07, 6.45) is -4.43. The van der Waals surface area contributed by atoms with E-state index in [9.17, 15) is 18.0 Å². The summed E-state index contributed by atoms with van der Waals surface area (Å²) in [5.74, 6) is -0.817. The second-order valence-electron chi connectivity index (χ2n) is 3.63. The Kier molecular flexibility index (Phi) is 5.64. The van der Waals surface area contributed by atoms with Crippen LogP contribution in [-0.4, -0.2) is 25.8 Å². The van der Waals surface area contributed by atoms with Crippen LogP contribution in [0, 0.1) is 0 Å². The highest BCUT2D eigenvalue weighted by molar-refractivity contribution is 9.10. The lowest BCUT2D eigenvalue weighted by Crippen LogP contribution is -2.36. The number of esters is 1. The van der Waals surface area contributed by atoms with Crippen LogP contribution in [0.25, 0.3) is 0 Å². The summed E-state index contributed by atoms with van der Waals surface area (Å²) in [4.78, 5) is 11.5. The van der Waals surface area contributed by atoms with Crippen molar-refractivity contribution in [3.05, 3.63) is 33.3 Å². The lowest BCUT2D eigenvalue weighted by molar-refractivity contribution is -0.146. The quantitative estimate of drug-likeness (QED) is 0.836. The molecule has 1 aromatic carbocycles. The maximum absolute atomic E-state index is 12.2. The van der Waals surface area contributed by atoms with Crippen LogP contribution < -0.4 is 5.32 Å². The van der Waals surface area contributed by atoms with Crippen LogP contribution in [0.1, 0.15) is 11.6 Å². The molecule has 106 valence electrons. The number of alkyl halides is 3. The highest BCUT2D eigenvalue weighted by Gasteiger charge is 2.31. The zero-order chi connectivity index (χ0) is 14.6. The highest BCUT2D eigenvalue weighted by atomic mass is 79.9. The molecule has 0 aliphatic heterocycles. The normalized spacial score (nSPS) is 13.2. The van der Waals surface area contributed by atoms with Gasteiger partial charge >= 0.3 is 12.1 Å². The molecule has 0 bridgehead atoms. The number of benzene rings is 1. The molecule has 0 aliphatic rings. The van der Waals surface area contributed by atoms with Gasteiger partial charge < -0.3 is 4.74 Å². The van der Waals surface area contributed by atoms with E-state index in [1.165, 1.54) is 12.1 Å². The van der Waals surface area contributed by atoms with Gasteiger partial charge in [-0.25, -0.2) is 4.79 Å². The standard InChI is InChI=1S/C11H10BrClF3NO2/c1-19-10(18)9(17-5-11(14,15)16)6-2-3-7(12)8(13)4-6/h2-4,9,17H,5H2,1H3. The Balaban J connectivity index is 2.96. The lowest BCUT2D eigenvalue weighted by atomic mass is 10.1. The number of rotatable bonds is 4. The van der Waals surface area contributed by atoms with E-state index in [-0.39, 0.29) is 0 Å². The molecule has 1 atom stereocenters. The molecule has 0 radical (unpaired) electrons. The van der Waals surface area contributed by atoms with E-state index in [1.807, 2.05) is 0 Å². The van der Waals surface area contributed by atoms with E-state index in [4.69, 9.17) is 11.6 Å². The number of carbonyl (C=O) groups excluding carboxylic acids is 1. The summed E-state index contributed by atoms with van der Waals surface area (Å²) >= 11 is 9.00. The third-order valence-electron chi connectivity index (χ3n) is 2.22. The molecule has 0 aromatic heterocycles. The topological polar surface area (TPSA) is 38.3 Å². The van der Waals surface area contributed by atoms with Crippen molar-refractivity contribution < 1.29 is 22.7 Å². The smallest absolute Gasteiger partial charge is 0.401 e. The van der Waals surface area contributed by atoms with Crippen molar-refractivity contribution in [1.29, 1.82) is 0 Å². The van der Waals surface area contributed by atoms with Crippen molar-refractivity contribution in [2.45, 2.75) is 12.2 Å². The summed E-state index contributed by atoms with van der Waals surface area (Å²) in [6.45, 7) is -1.31. The SMILES string of the molecule is COC(=O)C(NCC(F)(F)F)c1ccc(Br)c(Cl)c1. The minimum Gasteiger partial charge on any atom is -0.468 e. The van der Waals surface area contributed by atoms with Crippen LogP contribution in [0.2, 0.25) is 5.02 Å². The second kappa shape index (κ2) is 6.58. The molecular weight excluding hydrogens is 350 g/mol. The molecule has 8 heteroatoms. The third kappa shape index (κ3) is 5.00. The molecule has 0 aliphatic carbocycles. The highest BCUT2D eigenvalue weighted by Crippen LogP contribution is 2.27. The first-order valence-electron chi connectivity index (χ1n) is 5.07. The number of methoxy groups -OCH3 is 1. The van der Waals surface area contributed by atoms with Crippen molar-refractivity contribution in [3.63, 3.8) is 0 Å². The van der Waals surface area contributed by atoms with E-state index < -0.39 is 24.7 Å². The average molecular weight is 361 g/mol. The molecule has 1 rings (SSSR count). The molecule has 0 amide bonds. The van der Waals surface area contributed by atoms with Crippen LogP contribution in [0.3, 0.4) is 0 Å². The van der Waals surface area contributed by atoms with Crippen LogP contribution in [0.5, 0.6) is 0 Å². The van der Waals surface area contributed by atoms with Gasteiger partial charge in [-0.05, 0) is 33.6 Å². The number of hydrogen-bond acceptors (Lipinski definition) is 3. The predicted molar refractivity (Wildman–Crippen MR) is 68.0 cm³/mol. The van der Waals surface area contributed by atoms with E-state index in [0.717, 1.165) is 7.11 Å². The number of hydrogen-bond donors (Lipinski definition) is 1. The number of carbonyl (C=O) groups is 1. The zero-order valence-corrected chi connectivity index (χ0v) is 12.1. The lowest BCUT2D eigenvalue weighted by Gasteiger charge is -2.18. The van der Waals surface area contributed by atoms with E-state index >= 15 is 0 Å². The maximum Gasteiger partial charge on any atom is 0.401 e. The monoisotopic (exact) mass is 359 g/mol. The molecule has 0 heterocycles. The minimum absolute atomic E-state index is 0.292. The summed E-state index contributed by atoms with van der Waals surface area (Å²) < 4.78 is 41.6. The fourth-order valence-electron chi connectivity index (χ4n) is 1.36. The van der Waals surface area contributed by atoms with Crippen LogP contribution in [0.4, 0.5) is 13.2 Å². The van der Waals surface area contributed by atoms with Crippen molar-refractivity contribution >= 4 is 33.5 Å². The molecule has 0 saturated heterocycles. The molecule has 3 nitrogen and oxygen atoms in total. The largest absolute Gasteiger partial charge is 0.468 e. The zero-order valence-electron chi connectivity index (χ0n) is 9.72. The molecule has 1 N–H and O–H groups in total. The van der Waals surface area contributed by atoms with Gasteiger partial charge in [-0.2, -0.15) is 13.2 Å². The molecule has 0 spiro atoms. The van der Waals surface area contributed by atoms with Gasteiger partial charge in [-0.3, -0.25) is 5.32 Å². The van der Waals surface area contributed by atoms with E-state index in [2.05, 4.69) is 26.0 Å². The Morgan fingerprint density at radius 2 is 2.16 bits per heavy atom. The van der Waals surface area contributed by atoms with Gasteiger partial charge in [0, 0.05) is 4.47 Å². The first-order chi connectivity index (χ1) is 8.74. The molecule has 19 heavy (non-hydrogen) atoms. The summed E-state index contributed by atoms with van der Waals surface area (Å²) in [6, 6.07) is 3.21. The van der Waals surface area contributed by atoms with Crippen LogP contribution in [0.15, 0.2) is 22.7 Å². The van der Waals surface area contributed by atoms with Gasteiger partial charge in [-0.1, -0.05) is 17.7 Å². The third-order valence-corrected chi connectivity index (χ3v) is 3.45. The van der Waals surface area contributed by atoms with E-state index in [1.54, 1.807) is 6.07 Å². The molecule has 1 unspecified atom stereocenters. The molecule has 1 aromatic rings. The second-order valence-corrected chi connectivity index (χ2v) is 4.89.